The highest BCUT2D eigenvalue weighted by Crippen LogP contribution is 2.21. The number of nitrogens with two attached hydrogens (primary N) is 1. The molecule has 2 aromatic rings. The first-order chi connectivity index (χ1) is 8.15. The van der Waals surface area contributed by atoms with Crippen LogP contribution in [0.15, 0.2) is 46.9 Å². The Labute approximate surface area is 110 Å². The summed E-state index contributed by atoms with van der Waals surface area (Å²) < 4.78 is 1.08. The Hall–Kier alpha value is -1.48. The van der Waals surface area contributed by atoms with Gasteiger partial charge in [0.25, 0.3) is 0 Å². The van der Waals surface area contributed by atoms with Gasteiger partial charge in [0.15, 0.2) is 0 Å². The molecule has 0 fully saturated rings. The number of nitrogen functional groups attached to an aromatic ring is 1. The molecule has 3 heteroatoms. The second kappa shape index (κ2) is 5.23. The van der Waals surface area contributed by atoms with E-state index in [4.69, 9.17) is 5.73 Å². The van der Waals surface area contributed by atoms with Crippen molar-refractivity contribution in [2.45, 2.75) is 13.5 Å². The highest BCUT2D eigenvalue weighted by atomic mass is 79.9. The SMILES string of the molecule is Cc1ccc(Br)cc1NCc1cccc(N)c1. The third-order valence-corrected chi connectivity index (χ3v) is 3.13. The Morgan fingerprint density at radius 1 is 1.18 bits per heavy atom. The van der Waals surface area contributed by atoms with Gasteiger partial charge in [-0.15, -0.1) is 0 Å². The van der Waals surface area contributed by atoms with E-state index in [1.807, 2.05) is 24.3 Å². The quantitative estimate of drug-likeness (QED) is 0.840. The molecule has 0 aliphatic heterocycles. The average Bonchev–Trinajstić information content (AvgIpc) is 2.30. The second-order valence-electron chi connectivity index (χ2n) is 4.06. The number of aryl methyl sites for hydroxylation is 1. The predicted octanol–water partition coefficient (Wildman–Crippen LogP) is 3.95. The molecule has 17 heavy (non-hydrogen) atoms. The molecule has 3 N–H and O–H groups in total. The van der Waals surface area contributed by atoms with E-state index in [0.717, 1.165) is 22.4 Å². The molecule has 0 saturated carbocycles. The normalized spacial score (nSPS) is 10.2. The molecule has 0 aliphatic carbocycles. The van der Waals surface area contributed by atoms with E-state index in [0.29, 0.717) is 0 Å². The smallest absolute Gasteiger partial charge is 0.0401 e. The fourth-order valence-corrected chi connectivity index (χ4v) is 2.05. The number of halogens is 1. The first-order valence-corrected chi connectivity index (χ1v) is 6.29. The zero-order chi connectivity index (χ0) is 12.3. The number of hydrogen-bond donors (Lipinski definition) is 2. The molecule has 2 aromatic carbocycles. The van der Waals surface area contributed by atoms with Crippen LogP contribution in [0.25, 0.3) is 0 Å². The summed E-state index contributed by atoms with van der Waals surface area (Å²) in [6.45, 7) is 2.87. The summed E-state index contributed by atoms with van der Waals surface area (Å²) in [6.07, 6.45) is 0. The minimum atomic E-state index is 0.780. The summed E-state index contributed by atoms with van der Waals surface area (Å²) in [7, 11) is 0. The minimum Gasteiger partial charge on any atom is -0.399 e. The number of anilines is 2. The van der Waals surface area contributed by atoms with Crippen LogP contribution >= 0.6 is 15.9 Å². The lowest BCUT2D eigenvalue weighted by Crippen LogP contribution is -2.01. The van der Waals surface area contributed by atoms with E-state index in [2.05, 4.69) is 46.4 Å². The van der Waals surface area contributed by atoms with Gasteiger partial charge in [0, 0.05) is 22.4 Å². The molecule has 0 amide bonds. The van der Waals surface area contributed by atoms with E-state index >= 15 is 0 Å². The van der Waals surface area contributed by atoms with Crippen LogP contribution in [0.5, 0.6) is 0 Å². The van der Waals surface area contributed by atoms with Gasteiger partial charge in [-0.3, -0.25) is 0 Å². The molecule has 0 atom stereocenters. The predicted molar refractivity (Wildman–Crippen MR) is 77.1 cm³/mol. The van der Waals surface area contributed by atoms with Gasteiger partial charge in [-0.05, 0) is 42.3 Å². The standard InChI is InChI=1S/C14H15BrN2/c1-10-5-6-12(15)8-14(10)17-9-11-3-2-4-13(16)7-11/h2-8,17H,9,16H2,1H3. The summed E-state index contributed by atoms with van der Waals surface area (Å²) >= 11 is 3.47. The zero-order valence-corrected chi connectivity index (χ0v) is 11.3. The maximum atomic E-state index is 5.75. The maximum absolute atomic E-state index is 5.75. The largest absolute Gasteiger partial charge is 0.399 e. The van der Waals surface area contributed by atoms with Gasteiger partial charge in [-0.2, -0.15) is 0 Å². The number of benzene rings is 2. The second-order valence-corrected chi connectivity index (χ2v) is 4.97. The lowest BCUT2D eigenvalue weighted by atomic mass is 10.1. The summed E-state index contributed by atoms with van der Waals surface area (Å²) in [5.41, 5.74) is 10.1. The molecule has 0 saturated heterocycles. The topological polar surface area (TPSA) is 38.0 Å². The van der Waals surface area contributed by atoms with Crippen molar-refractivity contribution in [2.24, 2.45) is 0 Å². The maximum Gasteiger partial charge on any atom is 0.0401 e. The van der Waals surface area contributed by atoms with Crippen LogP contribution in [0, 0.1) is 6.92 Å². The molecule has 0 heterocycles. The summed E-state index contributed by atoms with van der Waals surface area (Å²) in [5.74, 6) is 0. The van der Waals surface area contributed by atoms with E-state index in [9.17, 15) is 0 Å². The van der Waals surface area contributed by atoms with Gasteiger partial charge in [-0.1, -0.05) is 34.1 Å². The van der Waals surface area contributed by atoms with Crippen LogP contribution in [0.3, 0.4) is 0 Å². The number of rotatable bonds is 3. The van der Waals surface area contributed by atoms with Gasteiger partial charge < -0.3 is 11.1 Å². The molecule has 0 spiro atoms. The number of nitrogens with one attached hydrogen (secondary N) is 1. The molecule has 0 aromatic heterocycles. The Kier molecular flexibility index (Phi) is 3.69. The Morgan fingerprint density at radius 2 is 2.00 bits per heavy atom. The van der Waals surface area contributed by atoms with Gasteiger partial charge in [0.05, 0.1) is 0 Å². The van der Waals surface area contributed by atoms with Gasteiger partial charge >= 0.3 is 0 Å². The van der Waals surface area contributed by atoms with E-state index < -0.39 is 0 Å². The van der Waals surface area contributed by atoms with Crippen LogP contribution in [0.2, 0.25) is 0 Å². The molecule has 0 unspecified atom stereocenters. The molecular formula is C14H15BrN2. The van der Waals surface area contributed by atoms with Crippen LogP contribution in [-0.2, 0) is 6.54 Å². The Bertz CT molecular complexity index is 523. The van der Waals surface area contributed by atoms with Crippen molar-refractivity contribution in [1.29, 1.82) is 0 Å². The summed E-state index contributed by atoms with van der Waals surface area (Å²) in [5, 5.41) is 3.41. The fourth-order valence-electron chi connectivity index (χ4n) is 1.69. The van der Waals surface area contributed by atoms with Gasteiger partial charge in [0.1, 0.15) is 0 Å². The first-order valence-electron chi connectivity index (χ1n) is 5.49. The molecular weight excluding hydrogens is 276 g/mol. The molecule has 0 aliphatic rings. The van der Waals surface area contributed by atoms with Crippen molar-refractivity contribution in [1.82, 2.24) is 0 Å². The molecule has 88 valence electrons. The highest BCUT2D eigenvalue weighted by molar-refractivity contribution is 9.10. The molecule has 0 radical (unpaired) electrons. The third kappa shape index (κ3) is 3.24. The van der Waals surface area contributed by atoms with Crippen molar-refractivity contribution < 1.29 is 0 Å². The van der Waals surface area contributed by atoms with Crippen LogP contribution in [-0.4, -0.2) is 0 Å². The van der Waals surface area contributed by atoms with Crippen LogP contribution in [0.1, 0.15) is 11.1 Å². The Morgan fingerprint density at radius 3 is 2.76 bits per heavy atom. The first kappa shape index (κ1) is 12.0. The molecule has 2 nitrogen and oxygen atoms in total. The van der Waals surface area contributed by atoms with Crippen molar-refractivity contribution in [3.8, 4) is 0 Å². The highest BCUT2D eigenvalue weighted by Gasteiger charge is 1.99. The lowest BCUT2D eigenvalue weighted by Gasteiger charge is -2.10. The van der Waals surface area contributed by atoms with Crippen molar-refractivity contribution in [2.75, 3.05) is 11.1 Å². The zero-order valence-electron chi connectivity index (χ0n) is 9.70. The van der Waals surface area contributed by atoms with Crippen molar-refractivity contribution in [3.63, 3.8) is 0 Å². The fraction of sp³-hybridized carbons (Fsp3) is 0.143. The number of hydrogen-bond acceptors (Lipinski definition) is 2. The van der Waals surface area contributed by atoms with Crippen LogP contribution in [0.4, 0.5) is 11.4 Å². The molecule has 2 rings (SSSR count). The van der Waals surface area contributed by atoms with E-state index in [1.165, 1.54) is 11.1 Å². The third-order valence-electron chi connectivity index (χ3n) is 2.63. The Balaban J connectivity index is 2.09. The summed E-state index contributed by atoms with van der Waals surface area (Å²) in [6, 6.07) is 14.1. The van der Waals surface area contributed by atoms with Gasteiger partial charge in [0.2, 0.25) is 0 Å². The average molecular weight is 291 g/mol. The van der Waals surface area contributed by atoms with Crippen molar-refractivity contribution in [3.05, 3.63) is 58.1 Å². The van der Waals surface area contributed by atoms with Gasteiger partial charge in [-0.25, -0.2) is 0 Å². The summed E-state index contributed by atoms with van der Waals surface area (Å²) in [4.78, 5) is 0. The lowest BCUT2D eigenvalue weighted by molar-refractivity contribution is 1.14. The van der Waals surface area contributed by atoms with Crippen LogP contribution < -0.4 is 11.1 Å². The minimum absolute atomic E-state index is 0.780. The monoisotopic (exact) mass is 290 g/mol. The molecule has 0 bridgehead atoms. The van der Waals surface area contributed by atoms with E-state index in [-0.39, 0.29) is 0 Å². The van der Waals surface area contributed by atoms with Crippen molar-refractivity contribution >= 4 is 27.3 Å². The van der Waals surface area contributed by atoms with E-state index in [1.54, 1.807) is 0 Å².